The van der Waals surface area contributed by atoms with Crippen molar-refractivity contribution >= 4 is 55.5 Å². The number of nitrogens with zero attached hydrogens (tertiary/aromatic N) is 1. The number of carbonyl (C=O) groups is 2. The van der Waals surface area contributed by atoms with Gasteiger partial charge in [-0.1, -0.05) is 17.4 Å². The molecular weight excluding hydrogens is 422 g/mol. The molecule has 0 unspecified atom stereocenters. The molecule has 0 bridgehead atoms. The second-order valence-electron chi connectivity index (χ2n) is 6.45. The molecule has 0 fully saturated rings. The summed E-state index contributed by atoms with van der Waals surface area (Å²) in [6.07, 6.45) is 0. The van der Waals surface area contributed by atoms with Crippen LogP contribution in [0.25, 0.3) is 10.2 Å². The number of hydrogen-bond acceptors (Lipinski definition) is 7. The van der Waals surface area contributed by atoms with Crippen molar-refractivity contribution in [2.24, 2.45) is 0 Å². The number of aromatic nitrogens is 1. The number of thiophene rings is 1. The molecule has 0 spiro atoms. The molecule has 2 amide bonds. The third-order valence-corrected chi connectivity index (χ3v) is 6.23. The first-order chi connectivity index (χ1) is 14.7. The lowest BCUT2D eigenvalue weighted by Crippen LogP contribution is -2.15. The van der Waals surface area contributed by atoms with Crippen molar-refractivity contribution in [2.45, 2.75) is 0 Å². The fraction of sp³-hybridized carbons (Fsp3) is 0.0952. The van der Waals surface area contributed by atoms with E-state index in [4.69, 9.17) is 9.47 Å². The van der Waals surface area contributed by atoms with Crippen molar-refractivity contribution in [3.8, 4) is 11.5 Å². The van der Waals surface area contributed by atoms with Crippen molar-refractivity contribution in [3.63, 3.8) is 0 Å². The van der Waals surface area contributed by atoms with E-state index >= 15 is 0 Å². The zero-order chi connectivity index (χ0) is 20.5. The second-order valence-corrected chi connectivity index (χ2v) is 8.42. The number of ether oxygens (including phenoxy) is 2. The third kappa shape index (κ3) is 3.72. The predicted molar refractivity (Wildman–Crippen MR) is 117 cm³/mol. The molecule has 0 atom stereocenters. The Bertz CT molecular complexity index is 1190. The number of thiazole rings is 1. The molecule has 0 saturated heterocycles. The van der Waals surface area contributed by atoms with Crippen LogP contribution in [0.3, 0.4) is 0 Å². The smallest absolute Gasteiger partial charge is 0.265 e. The fourth-order valence-corrected chi connectivity index (χ4v) is 4.48. The highest BCUT2D eigenvalue weighted by atomic mass is 32.1. The van der Waals surface area contributed by atoms with Crippen molar-refractivity contribution < 1.29 is 19.1 Å². The summed E-state index contributed by atoms with van der Waals surface area (Å²) in [6, 6.07) is 14.0. The Morgan fingerprint density at radius 3 is 2.43 bits per heavy atom. The average molecular weight is 438 g/mol. The van der Waals surface area contributed by atoms with Gasteiger partial charge in [-0.25, -0.2) is 4.98 Å². The van der Waals surface area contributed by atoms with Crippen LogP contribution in [-0.2, 0) is 0 Å². The van der Waals surface area contributed by atoms with Gasteiger partial charge in [0, 0.05) is 23.4 Å². The molecule has 30 heavy (non-hydrogen) atoms. The highest BCUT2D eigenvalue weighted by molar-refractivity contribution is 7.22. The SMILES string of the molecule is O=C(Nc1nc2cc3c(cc2s1)OCCO3)c1ccc(NC(=O)c2cccs2)cc1. The molecule has 150 valence electrons. The molecule has 7 nitrogen and oxygen atoms in total. The van der Waals surface area contributed by atoms with E-state index in [-0.39, 0.29) is 11.8 Å². The zero-order valence-electron chi connectivity index (χ0n) is 15.5. The monoisotopic (exact) mass is 437 g/mol. The first-order valence-corrected chi connectivity index (χ1v) is 10.8. The molecule has 4 aromatic rings. The first-order valence-electron chi connectivity index (χ1n) is 9.12. The summed E-state index contributed by atoms with van der Waals surface area (Å²) in [5.41, 5.74) is 1.83. The summed E-state index contributed by atoms with van der Waals surface area (Å²) in [5, 5.41) is 7.97. The maximum Gasteiger partial charge on any atom is 0.265 e. The van der Waals surface area contributed by atoms with Crippen LogP contribution in [0.1, 0.15) is 20.0 Å². The number of fused-ring (bicyclic) bond motifs is 2. The Morgan fingerprint density at radius 2 is 1.70 bits per heavy atom. The highest BCUT2D eigenvalue weighted by Crippen LogP contribution is 2.37. The molecule has 5 rings (SSSR count). The predicted octanol–water partition coefficient (Wildman–Crippen LogP) is 4.63. The van der Waals surface area contributed by atoms with Crippen molar-refractivity contribution in [1.29, 1.82) is 0 Å². The van der Waals surface area contributed by atoms with Gasteiger partial charge in [0.1, 0.15) is 13.2 Å². The molecule has 1 aliphatic rings. The number of rotatable bonds is 4. The second kappa shape index (κ2) is 7.77. The minimum absolute atomic E-state index is 0.174. The molecule has 3 heterocycles. The molecule has 2 aromatic heterocycles. The lowest BCUT2D eigenvalue weighted by Gasteiger charge is -2.17. The Kier molecular flexibility index (Phi) is 4.82. The molecule has 2 aromatic carbocycles. The Labute approximate surface area is 179 Å². The van der Waals surface area contributed by atoms with Crippen LogP contribution in [0.2, 0.25) is 0 Å². The van der Waals surface area contributed by atoms with Crippen LogP contribution in [0, 0.1) is 0 Å². The quantitative estimate of drug-likeness (QED) is 0.486. The summed E-state index contributed by atoms with van der Waals surface area (Å²) in [5.74, 6) is 0.905. The number of hydrogen-bond donors (Lipinski definition) is 2. The van der Waals surface area contributed by atoms with Gasteiger partial charge in [0.2, 0.25) is 0 Å². The number of anilines is 2. The van der Waals surface area contributed by atoms with E-state index in [1.807, 2.05) is 23.6 Å². The van der Waals surface area contributed by atoms with Crippen molar-refractivity contribution in [2.75, 3.05) is 23.8 Å². The minimum Gasteiger partial charge on any atom is -0.486 e. The third-order valence-electron chi connectivity index (χ3n) is 4.42. The topological polar surface area (TPSA) is 89.6 Å². The van der Waals surface area contributed by atoms with Gasteiger partial charge in [-0.2, -0.15) is 0 Å². The minimum atomic E-state index is -0.276. The van der Waals surface area contributed by atoms with Crippen LogP contribution in [0.4, 0.5) is 10.8 Å². The van der Waals surface area contributed by atoms with Gasteiger partial charge >= 0.3 is 0 Å². The summed E-state index contributed by atoms with van der Waals surface area (Å²) in [7, 11) is 0. The Balaban J connectivity index is 1.28. The average Bonchev–Trinajstić information content (AvgIpc) is 3.42. The molecule has 9 heteroatoms. The summed E-state index contributed by atoms with van der Waals surface area (Å²) < 4.78 is 12.1. The molecule has 0 aliphatic carbocycles. The lowest BCUT2D eigenvalue weighted by atomic mass is 10.2. The zero-order valence-corrected chi connectivity index (χ0v) is 17.1. The summed E-state index contributed by atoms with van der Waals surface area (Å²) >= 11 is 2.74. The Morgan fingerprint density at radius 1 is 0.933 bits per heavy atom. The molecule has 0 radical (unpaired) electrons. The van der Waals surface area contributed by atoms with E-state index in [9.17, 15) is 9.59 Å². The molecule has 2 N–H and O–H groups in total. The van der Waals surface area contributed by atoms with Gasteiger partial charge in [-0.05, 0) is 35.7 Å². The number of carbonyl (C=O) groups excluding carboxylic acids is 2. The van der Waals surface area contributed by atoms with Crippen LogP contribution >= 0.6 is 22.7 Å². The van der Waals surface area contributed by atoms with Crippen LogP contribution < -0.4 is 20.1 Å². The van der Waals surface area contributed by atoms with Gasteiger partial charge in [0.05, 0.1) is 15.1 Å². The standard InChI is InChI=1S/C21H15N3O4S2/c25-19(12-3-5-13(6-4-12)22-20(26)17-2-1-9-29-17)24-21-23-14-10-15-16(11-18(14)30-21)28-8-7-27-15/h1-6,9-11H,7-8H2,(H,22,26)(H,23,24,25). The fourth-order valence-electron chi connectivity index (χ4n) is 2.99. The largest absolute Gasteiger partial charge is 0.486 e. The number of benzene rings is 2. The molecular formula is C21H15N3O4S2. The van der Waals surface area contributed by atoms with E-state index < -0.39 is 0 Å². The molecule has 0 saturated carbocycles. The van der Waals surface area contributed by atoms with Gasteiger partial charge in [0.15, 0.2) is 16.6 Å². The van der Waals surface area contributed by atoms with Gasteiger partial charge in [-0.15, -0.1) is 11.3 Å². The van der Waals surface area contributed by atoms with Gasteiger partial charge in [0.25, 0.3) is 11.8 Å². The van der Waals surface area contributed by atoms with Crippen LogP contribution in [-0.4, -0.2) is 30.0 Å². The van der Waals surface area contributed by atoms with Crippen LogP contribution in [0.5, 0.6) is 11.5 Å². The van der Waals surface area contributed by atoms with E-state index in [1.165, 1.54) is 22.7 Å². The highest BCUT2D eigenvalue weighted by Gasteiger charge is 2.16. The maximum atomic E-state index is 12.6. The first kappa shape index (κ1) is 18.6. The summed E-state index contributed by atoms with van der Waals surface area (Å²) in [4.78, 5) is 29.8. The van der Waals surface area contributed by atoms with E-state index in [0.29, 0.717) is 46.0 Å². The summed E-state index contributed by atoms with van der Waals surface area (Å²) in [6.45, 7) is 1.03. The maximum absolute atomic E-state index is 12.6. The normalized spacial score (nSPS) is 12.5. The van der Waals surface area contributed by atoms with Crippen LogP contribution in [0.15, 0.2) is 53.9 Å². The van der Waals surface area contributed by atoms with Crippen molar-refractivity contribution in [3.05, 3.63) is 64.4 Å². The number of nitrogens with one attached hydrogen (secondary N) is 2. The van der Waals surface area contributed by atoms with E-state index in [1.54, 1.807) is 30.3 Å². The van der Waals surface area contributed by atoms with Gasteiger partial charge < -0.3 is 14.8 Å². The van der Waals surface area contributed by atoms with Gasteiger partial charge in [-0.3, -0.25) is 14.9 Å². The Hall–Kier alpha value is -3.43. The number of amides is 2. The lowest BCUT2D eigenvalue weighted by molar-refractivity contribution is 0.102. The van der Waals surface area contributed by atoms with E-state index in [2.05, 4.69) is 15.6 Å². The van der Waals surface area contributed by atoms with Crippen molar-refractivity contribution in [1.82, 2.24) is 4.98 Å². The van der Waals surface area contributed by atoms with E-state index in [0.717, 1.165) is 10.2 Å². The molecule has 1 aliphatic heterocycles.